The number of hydrogen-bond acceptors (Lipinski definition) is 1. The summed E-state index contributed by atoms with van der Waals surface area (Å²) in [6, 6.07) is 6.08. The molecule has 0 radical (unpaired) electrons. The van der Waals surface area contributed by atoms with Crippen molar-refractivity contribution < 1.29 is 5.11 Å². The van der Waals surface area contributed by atoms with Gasteiger partial charge < -0.3 is 9.67 Å². The number of hydrogen-bond donors (Lipinski definition) is 1. The molecule has 1 heterocycles. The largest absolute Gasteiger partial charge is 0.389 e. The fourth-order valence-electron chi connectivity index (χ4n) is 1.92. The summed E-state index contributed by atoms with van der Waals surface area (Å²) in [6.45, 7) is 4.81. The maximum absolute atomic E-state index is 9.69. The minimum Gasteiger partial charge on any atom is -0.389 e. The van der Waals surface area contributed by atoms with Gasteiger partial charge in [0, 0.05) is 28.2 Å². The van der Waals surface area contributed by atoms with E-state index in [-0.39, 0.29) is 0 Å². The first kappa shape index (κ1) is 10.7. The Hall–Kier alpha value is -0.800. The molecule has 0 saturated carbocycles. The van der Waals surface area contributed by atoms with Crippen LogP contribution in [0.1, 0.15) is 25.5 Å². The smallest absolute Gasteiger partial charge is 0.0782 e. The lowest BCUT2D eigenvalue weighted by atomic mass is 10.1. The monoisotopic (exact) mass is 267 g/mol. The van der Waals surface area contributed by atoms with E-state index in [4.69, 9.17) is 0 Å². The van der Waals surface area contributed by atoms with Crippen LogP contribution in [0, 0.1) is 0 Å². The first-order chi connectivity index (χ1) is 7.15. The minimum absolute atomic E-state index is 0.422. The average Bonchev–Trinajstić information content (AvgIpc) is 2.58. The number of aryl methyl sites for hydroxylation is 1. The van der Waals surface area contributed by atoms with Gasteiger partial charge in [-0.1, -0.05) is 12.1 Å². The quantitative estimate of drug-likeness (QED) is 0.886. The van der Waals surface area contributed by atoms with Gasteiger partial charge in [0.2, 0.25) is 0 Å². The molecule has 2 aromatic rings. The number of halogens is 1. The van der Waals surface area contributed by atoms with E-state index in [0.717, 1.165) is 27.5 Å². The van der Waals surface area contributed by atoms with Gasteiger partial charge in [-0.3, -0.25) is 0 Å². The average molecular weight is 268 g/mol. The second-order valence-corrected chi connectivity index (χ2v) is 4.54. The maximum atomic E-state index is 9.69. The standard InChI is InChI=1S/C12H14BrNO/c1-3-14-7-10(8(2)15)9-5-4-6-11(13)12(9)14/h4-8,15H,3H2,1-2H3. The molecule has 0 aliphatic rings. The predicted molar refractivity (Wildman–Crippen MR) is 65.9 cm³/mol. The summed E-state index contributed by atoms with van der Waals surface area (Å²) in [5.74, 6) is 0. The van der Waals surface area contributed by atoms with Crippen molar-refractivity contribution in [1.82, 2.24) is 4.57 Å². The van der Waals surface area contributed by atoms with E-state index in [0.29, 0.717) is 0 Å². The molecule has 1 aromatic carbocycles. The molecule has 2 rings (SSSR count). The summed E-state index contributed by atoms with van der Waals surface area (Å²) in [5.41, 5.74) is 2.16. The highest BCUT2D eigenvalue weighted by molar-refractivity contribution is 9.10. The Balaban J connectivity index is 2.81. The Labute approximate surface area is 97.7 Å². The molecule has 15 heavy (non-hydrogen) atoms. The van der Waals surface area contributed by atoms with E-state index in [1.807, 2.05) is 24.4 Å². The van der Waals surface area contributed by atoms with E-state index < -0.39 is 6.10 Å². The Morgan fingerprint density at radius 3 is 2.80 bits per heavy atom. The van der Waals surface area contributed by atoms with E-state index >= 15 is 0 Å². The number of fused-ring (bicyclic) bond motifs is 1. The zero-order valence-electron chi connectivity index (χ0n) is 8.87. The van der Waals surface area contributed by atoms with Gasteiger partial charge in [-0.2, -0.15) is 0 Å². The number of rotatable bonds is 2. The summed E-state index contributed by atoms with van der Waals surface area (Å²) in [7, 11) is 0. The number of para-hydroxylation sites is 1. The van der Waals surface area contributed by atoms with Crippen LogP contribution in [0.25, 0.3) is 10.9 Å². The van der Waals surface area contributed by atoms with Crippen molar-refractivity contribution in [3.05, 3.63) is 34.4 Å². The molecule has 1 unspecified atom stereocenters. The SMILES string of the molecule is CCn1cc(C(C)O)c2cccc(Br)c21. The lowest BCUT2D eigenvalue weighted by molar-refractivity contribution is 0.200. The molecule has 0 spiro atoms. The van der Waals surface area contributed by atoms with E-state index in [1.54, 1.807) is 6.92 Å². The van der Waals surface area contributed by atoms with Crippen LogP contribution in [0.4, 0.5) is 0 Å². The third kappa shape index (κ3) is 1.70. The van der Waals surface area contributed by atoms with Crippen molar-refractivity contribution in [3.63, 3.8) is 0 Å². The van der Waals surface area contributed by atoms with Crippen molar-refractivity contribution in [3.8, 4) is 0 Å². The van der Waals surface area contributed by atoms with Crippen molar-refractivity contribution >= 4 is 26.8 Å². The molecule has 1 atom stereocenters. The van der Waals surface area contributed by atoms with Crippen LogP contribution in [0.2, 0.25) is 0 Å². The Bertz CT molecular complexity index is 488. The van der Waals surface area contributed by atoms with Gasteiger partial charge in [-0.15, -0.1) is 0 Å². The normalized spacial score (nSPS) is 13.3. The molecule has 0 amide bonds. The number of aliphatic hydroxyl groups is 1. The fourth-order valence-corrected chi connectivity index (χ4v) is 2.52. The summed E-state index contributed by atoms with van der Waals surface area (Å²) in [4.78, 5) is 0. The zero-order chi connectivity index (χ0) is 11.0. The van der Waals surface area contributed by atoms with Crippen LogP contribution >= 0.6 is 15.9 Å². The van der Waals surface area contributed by atoms with E-state index in [1.165, 1.54) is 0 Å². The molecule has 0 saturated heterocycles. The molecule has 1 N–H and O–H groups in total. The predicted octanol–water partition coefficient (Wildman–Crippen LogP) is 3.48. The molecule has 0 fully saturated rings. The molecule has 2 nitrogen and oxygen atoms in total. The van der Waals surface area contributed by atoms with Gasteiger partial charge >= 0.3 is 0 Å². The minimum atomic E-state index is -0.422. The zero-order valence-corrected chi connectivity index (χ0v) is 10.5. The molecular weight excluding hydrogens is 254 g/mol. The number of nitrogens with zero attached hydrogens (tertiary/aromatic N) is 1. The lowest BCUT2D eigenvalue weighted by Crippen LogP contribution is -1.91. The van der Waals surface area contributed by atoms with E-state index in [9.17, 15) is 5.11 Å². The van der Waals surface area contributed by atoms with Gasteiger partial charge in [-0.25, -0.2) is 0 Å². The second-order valence-electron chi connectivity index (χ2n) is 3.68. The molecule has 1 aromatic heterocycles. The summed E-state index contributed by atoms with van der Waals surface area (Å²) >= 11 is 3.55. The van der Waals surface area contributed by atoms with Crippen LogP contribution in [0.3, 0.4) is 0 Å². The third-order valence-electron chi connectivity index (χ3n) is 2.67. The third-order valence-corrected chi connectivity index (χ3v) is 3.31. The second kappa shape index (κ2) is 3.99. The van der Waals surface area contributed by atoms with Gasteiger partial charge in [0.1, 0.15) is 0 Å². The topological polar surface area (TPSA) is 25.2 Å². The highest BCUT2D eigenvalue weighted by Gasteiger charge is 2.13. The number of aliphatic hydroxyl groups excluding tert-OH is 1. The molecule has 0 bridgehead atoms. The number of benzene rings is 1. The van der Waals surface area contributed by atoms with Crippen molar-refractivity contribution in [2.75, 3.05) is 0 Å². The molecule has 3 heteroatoms. The summed E-state index contributed by atoms with van der Waals surface area (Å²) in [5, 5.41) is 10.8. The van der Waals surface area contributed by atoms with Gasteiger partial charge in [0.15, 0.2) is 0 Å². The summed E-state index contributed by atoms with van der Waals surface area (Å²) < 4.78 is 3.23. The van der Waals surface area contributed by atoms with Crippen LogP contribution in [0.15, 0.2) is 28.9 Å². The molecule has 0 aliphatic heterocycles. The van der Waals surface area contributed by atoms with E-state index in [2.05, 4.69) is 27.4 Å². The fraction of sp³-hybridized carbons (Fsp3) is 0.333. The van der Waals surface area contributed by atoms with Gasteiger partial charge in [0.25, 0.3) is 0 Å². The van der Waals surface area contributed by atoms with Crippen molar-refractivity contribution in [1.29, 1.82) is 0 Å². The van der Waals surface area contributed by atoms with Gasteiger partial charge in [0.05, 0.1) is 11.6 Å². The Morgan fingerprint density at radius 1 is 1.47 bits per heavy atom. The summed E-state index contributed by atoms with van der Waals surface area (Å²) in [6.07, 6.45) is 1.61. The van der Waals surface area contributed by atoms with Crippen molar-refractivity contribution in [2.45, 2.75) is 26.5 Å². The first-order valence-corrected chi connectivity index (χ1v) is 5.89. The highest BCUT2D eigenvalue weighted by atomic mass is 79.9. The number of aromatic nitrogens is 1. The highest BCUT2D eigenvalue weighted by Crippen LogP contribution is 2.31. The molecule has 80 valence electrons. The van der Waals surface area contributed by atoms with Crippen LogP contribution < -0.4 is 0 Å². The lowest BCUT2D eigenvalue weighted by Gasteiger charge is -2.02. The van der Waals surface area contributed by atoms with Crippen LogP contribution in [0.5, 0.6) is 0 Å². The Kier molecular flexibility index (Phi) is 2.85. The van der Waals surface area contributed by atoms with Gasteiger partial charge in [-0.05, 0) is 35.8 Å². The maximum Gasteiger partial charge on any atom is 0.0782 e. The van der Waals surface area contributed by atoms with Crippen LogP contribution in [-0.2, 0) is 6.54 Å². The van der Waals surface area contributed by atoms with Crippen LogP contribution in [-0.4, -0.2) is 9.67 Å². The molecular formula is C12H14BrNO. The van der Waals surface area contributed by atoms with Crippen molar-refractivity contribution in [2.24, 2.45) is 0 Å². The Morgan fingerprint density at radius 2 is 2.20 bits per heavy atom. The first-order valence-electron chi connectivity index (χ1n) is 5.10. The molecule has 0 aliphatic carbocycles.